The lowest BCUT2D eigenvalue weighted by molar-refractivity contribution is 0.322. The van der Waals surface area contributed by atoms with Crippen LogP contribution in [0, 0.1) is 0 Å². The van der Waals surface area contributed by atoms with Crippen LogP contribution in [0.15, 0.2) is 0 Å². The van der Waals surface area contributed by atoms with Gasteiger partial charge in [0, 0.05) is 30.5 Å². The molecule has 1 aromatic rings. The standard InChI is InChI=1S/C10H18N4S/c1-4-10(11)5-14(6-10)9-12-8(7(2)3)13-15-9/h7H,4-6,11H2,1-3H3. The number of hydrogen-bond acceptors (Lipinski definition) is 5. The summed E-state index contributed by atoms with van der Waals surface area (Å²) in [7, 11) is 0. The van der Waals surface area contributed by atoms with Crippen LogP contribution in [-0.4, -0.2) is 28.0 Å². The Morgan fingerprint density at radius 3 is 2.67 bits per heavy atom. The van der Waals surface area contributed by atoms with Gasteiger partial charge in [-0.15, -0.1) is 0 Å². The maximum absolute atomic E-state index is 6.11. The van der Waals surface area contributed by atoms with Crippen LogP contribution in [-0.2, 0) is 0 Å². The molecule has 0 radical (unpaired) electrons. The predicted molar refractivity (Wildman–Crippen MR) is 63.4 cm³/mol. The fourth-order valence-corrected chi connectivity index (χ4v) is 2.47. The van der Waals surface area contributed by atoms with Crippen LogP contribution < -0.4 is 10.6 Å². The Morgan fingerprint density at radius 1 is 1.53 bits per heavy atom. The summed E-state index contributed by atoms with van der Waals surface area (Å²) < 4.78 is 4.34. The van der Waals surface area contributed by atoms with Crippen LogP contribution in [0.25, 0.3) is 0 Å². The van der Waals surface area contributed by atoms with E-state index in [1.165, 1.54) is 11.5 Å². The maximum atomic E-state index is 6.11. The summed E-state index contributed by atoms with van der Waals surface area (Å²) in [6, 6.07) is 0. The van der Waals surface area contributed by atoms with E-state index in [0.29, 0.717) is 5.92 Å². The third-order valence-corrected chi connectivity index (χ3v) is 3.72. The zero-order chi connectivity index (χ0) is 11.1. The van der Waals surface area contributed by atoms with Gasteiger partial charge < -0.3 is 10.6 Å². The topological polar surface area (TPSA) is 55.0 Å². The molecule has 2 N–H and O–H groups in total. The highest BCUT2D eigenvalue weighted by Crippen LogP contribution is 2.30. The first-order valence-corrected chi connectivity index (χ1v) is 6.19. The molecule has 0 amide bonds. The van der Waals surface area contributed by atoms with Crippen LogP contribution >= 0.6 is 11.5 Å². The number of nitrogens with zero attached hydrogens (tertiary/aromatic N) is 3. The van der Waals surface area contributed by atoms with Crippen molar-refractivity contribution in [3.8, 4) is 0 Å². The lowest BCUT2D eigenvalue weighted by Crippen LogP contribution is -2.67. The molecule has 0 aromatic carbocycles. The Bertz CT molecular complexity index is 341. The van der Waals surface area contributed by atoms with E-state index in [2.05, 4.69) is 35.0 Å². The van der Waals surface area contributed by atoms with Gasteiger partial charge in [-0.2, -0.15) is 4.37 Å². The van der Waals surface area contributed by atoms with Crippen molar-refractivity contribution in [2.45, 2.75) is 38.6 Å². The number of anilines is 1. The minimum atomic E-state index is 0.00363. The van der Waals surface area contributed by atoms with Crippen LogP contribution in [0.4, 0.5) is 5.13 Å². The maximum Gasteiger partial charge on any atom is 0.205 e. The Balaban J connectivity index is 2.01. The summed E-state index contributed by atoms with van der Waals surface area (Å²) in [5, 5.41) is 1.02. The minimum absolute atomic E-state index is 0.00363. The molecule has 4 nitrogen and oxygen atoms in total. The second-order valence-electron chi connectivity index (χ2n) is 4.66. The number of rotatable bonds is 3. The zero-order valence-electron chi connectivity index (χ0n) is 9.53. The molecule has 0 bridgehead atoms. The molecule has 1 saturated heterocycles. The van der Waals surface area contributed by atoms with E-state index in [0.717, 1.165) is 30.5 Å². The van der Waals surface area contributed by atoms with E-state index in [9.17, 15) is 0 Å². The average molecular weight is 226 g/mol. The second-order valence-corrected chi connectivity index (χ2v) is 5.39. The Labute approximate surface area is 94.7 Å². The molecular weight excluding hydrogens is 208 g/mol. The first-order valence-electron chi connectivity index (χ1n) is 5.41. The molecule has 1 aliphatic rings. The van der Waals surface area contributed by atoms with Crippen LogP contribution in [0.1, 0.15) is 38.9 Å². The molecule has 15 heavy (non-hydrogen) atoms. The SMILES string of the molecule is CCC1(N)CN(c2nc(C(C)C)ns2)C1. The van der Waals surface area contributed by atoms with Gasteiger partial charge in [-0.1, -0.05) is 20.8 Å². The van der Waals surface area contributed by atoms with Gasteiger partial charge in [-0.05, 0) is 6.42 Å². The van der Waals surface area contributed by atoms with Crippen molar-refractivity contribution < 1.29 is 0 Å². The van der Waals surface area contributed by atoms with Crippen molar-refractivity contribution >= 4 is 16.7 Å². The molecule has 84 valence electrons. The summed E-state index contributed by atoms with van der Waals surface area (Å²) in [6.07, 6.45) is 1.03. The second kappa shape index (κ2) is 3.72. The highest BCUT2D eigenvalue weighted by molar-refractivity contribution is 7.09. The van der Waals surface area contributed by atoms with Gasteiger partial charge in [-0.25, -0.2) is 4.98 Å². The van der Waals surface area contributed by atoms with Crippen LogP contribution in [0.5, 0.6) is 0 Å². The summed E-state index contributed by atoms with van der Waals surface area (Å²) in [4.78, 5) is 6.72. The number of hydrogen-bond donors (Lipinski definition) is 1. The Hall–Kier alpha value is -0.680. The fourth-order valence-electron chi connectivity index (χ4n) is 1.66. The summed E-state index contributed by atoms with van der Waals surface area (Å²) in [5.74, 6) is 1.35. The smallest absolute Gasteiger partial charge is 0.205 e. The van der Waals surface area contributed by atoms with E-state index in [-0.39, 0.29) is 5.54 Å². The zero-order valence-corrected chi connectivity index (χ0v) is 10.3. The highest BCUT2D eigenvalue weighted by Gasteiger charge is 2.39. The molecule has 5 heteroatoms. The molecule has 0 aliphatic carbocycles. The van der Waals surface area contributed by atoms with Gasteiger partial charge in [0.25, 0.3) is 0 Å². The van der Waals surface area contributed by atoms with Gasteiger partial charge >= 0.3 is 0 Å². The van der Waals surface area contributed by atoms with Crippen molar-refractivity contribution in [3.05, 3.63) is 5.82 Å². The van der Waals surface area contributed by atoms with Crippen molar-refractivity contribution in [3.63, 3.8) is 0 Å². The largest absolute Gasteiger partial charge is 0.343 e. The van der Waals surface area contributed by atoms with E-state index >= 15 is 0 Å². The molecule has 2 rings (SSSR count). The highest BCUT2D eigenvalue weighted by atomic mass is 32.1. The summed E-state index contributed by atoms with van der Waals surface area (Å²) in [6.45, 7) is 8.19. The van der Waals surface area contributed by atoms with Gasteiger partial charge in [0.2, 0.25) is 5.13 Å². The monoisotopic (exact) mass is 226 g/mol. The fraction of sp³-hybridized carbons (Fsp3) is 0.800. The molecule has 0 unspecified atom stereocenters. The van der Waals surface area contributed by atoms with Gasteiger partial charge in [0.1, 0.15) is 5.82 Å². The molecular formula is C10H18N4S. The van der Waals surface area contributed by atoms with Crippen molar-refractivity contribution in [1.29, 1.82) is 0 Å². The van der Waals surface area contributed by atoms with E-state index < -0.39 is 0 Å². The first kappa shape index (κ1) is 10.8. The molecule has 0 atom stereocenters. The number of aromatic nitrogens is 2. The van der Waals surface area contributed by atoms with E-state index in [1.807, 2.05) is 0 Å². The van der Waals surface area contributed by atoms with Crippen LogP contribution in [0.2, 0.25) is 0 Å². The molecule has 0 saturated carbocycles. The quantitative estimate of drug-likeness (QED) is 0.850. The Morgan fingerprint density at radius 2 is 2.20 bits per heavy atom. The van der Waals surface area contributed by atoms with Gasteiger partial charge in [0.15, 0.2) is 0 Å². The van der Waals surface area contributed by atoms with Gasteiger partial charge in [0.05, 0.1) is 5.54 Å². The van der Waals surface area contributed by atoms with Crippen molar-refractivity contribution in [2.24, 2.45) is 5.73 Å². The average Bonchev–Trinajstić information content (AvgIpc) is 2.61. The summed E-state index contributed by atoms with van der Waals surface area (Å²) in [5.41, 5.74) is 6.11. The molecule has 1 fully saturated rings. The minimum Gasteiger partial charge on any atom is -0.343 e. The van der Waals surface area contributed by atoms with Gasteiger partial charge in [-0.3, -0.25) is 0 Å². The van der Waals surface area contributed by atoms with Crippen molar-refractivity contribution in [2.75, 3.05) is 18.0 Å². The molecule has 0 spiro atoms. The lowest BCUT2D eigenvalue weighted by atomic mass is 9.89. The molecule has 1 aromatic heterocycles. The van der Waals surface area contributed by atoms with E-state index in [4.69, 9.17) is 5.73 Å². The predicted octanol–water partition coefficient (Wildman–Crippen LogP) is 1.59. The molecule has 1 aliphatic heterocycles. The first-order chi connectivity index (χ1) is 7.04. The molecule has 2 heterocycles. The van der Waals surface area contributed by atoms with E-state index in [1.54, 1.807) is 0 Å². The number of nitrogens with two attached hydrogens (primary N) is 1. The summed E-state index contributed by atoms with van der Waals surface area (Å²) >= 11 is 1.48. The lowest BCUT2D eigenvalue weighted by Gasteiger charge is -2.47. The third kappa shape index (κ3) is 1.99. The third-order valence-electron chi connectivity index (χ3n) is 2.93. The Kier molecular flexibility index (Phi) is 2.68. The normalized spacial score (nSPS) is 19.4. The van der Waals surface area contributed by atoms with Crippen LogP contribution in [0.3, 0.4) is 0 Å². The van der Waals surface area contributed by atoms with Crippen molar-refractivity contribution in [1.82, 2.24) is 9.36 Å².